The Morgan fingerprint density at radius 2 is 1.70 bits per heavy atom. The Labute approximate surface area is 264 Å². The summed E-state index contributed by atoms with van der Waals surface area (Å²) >= 11 is 0.936. The number of non-ortho nitro benzene ring substituents is 1. The summed E-state index contributed by atoms with van der Waals surface area (Å²) in [5.74, 6) is -2.97. The molecule has 4 aromatic rings. The van der Waals surface area contributed by atoms with Gasteiger partial charge in [0.2, 0.25) is 0 Å². The minimum Gasteiger partial charge on any atom is -0.449 e. The molecule has 0 atom stereocenters. The Morgan fingerprint density at radius 1 is 1.02 bits per heavy atom. The number of nitrogens with one attached hydrogen (secondary N) is 1. The molecule has 11 nitrogen and oxygen atoms in total. The molecule has 2 heterocycles. The van der Waals surface area contributed by atoms with E-state index in [0.717, 1.165) is 40.6 Å². The van der Waals surface area contributed by atoms with Gasteiger partial charge in [-0.15, -0.1) is 11.3 Å². The van der Waals surface area contributed by atoms with Crippen LogP contribution >= 0.6 is 11.3 Å². The van der Waals surface area contributed by atoms with E-state index < -0.39 is 47.3 Å². The Morgan fingerprint density at radius 3 is 2.24 bits per heavy atom. The summed E-state index contributed by atoms with van der Waals surface area (Å²) in [5.41, 5.74) is 0.114. The summed E-state index contributed by atoms with van der Waals surface area (Å²) < 4.78 is 64.4. The van der Waals surface area contributed by atoms with Crippen LogP contribution in [0.2, 0.25) is 0 Å². The number of carbonyl (C=O) groups excluding carboxylic acids is 2. The normalized spacial score (nSPS) is 11.1. The van der Waals surface area contributed by atoms with Gasteiger partial charge in [0.25, 0.3) is 11.6 Å². The first kappa shape index (κ1) is 33.8. The Kier molecular flexibility index (Phi) is 10.9. The van der Waals surface area contributed by atoms with E-state index in [9.17, 15) is 37.3 Å². The molecule has 0 aliphatic heterocycles. The van der Waals surface area contributed by atoms with Crippen molar-refractivity contribution < 1.29 is 41.5 Å². The molecule has 0 aliphatic carbocycles. The molecule has 46 heavy (non-hydrogen) atoms. The first-order valence-electron chi connectivity index (χ1n) is 13.5. The van der Waals surface area contributed by atoms with Gasteiger partial charge in [0.05, 0.1) is 29.8 Å². The zero-order chi connectivity index (χ0) is 33.5. The largest absolute Gasteiger partial charge is 0.449 e. The number of thiophene rings is 1. The summed E-state index contributed by atoms with van der Waals surface area (Å²) in [6.07, 6.45) is -0.0238. The fourth-order valence-electron chi connectivity index (χ4n) is 4.38. The lowest BCUT2D eigenvalue weighted by Crippen LogP contribution is -2.33. The van der Waals surface area contributed by atoms with Gasteiger partial charge in [0, 0.05) is 29.1 Å². The predicted molar refractivity (Wildman–Crippen MR) is 162 cm³/mol. The number of aromatic nitrogens is 1. The molecular formula is C30H27F4N5O6S. The maximum atomic E-state index is 14.8. The molecule has 0 radical (unpaired) electrons. The van der Waals surface area contributed by atoms with Crippen molar-refractivity contribution in [2.75, 3.05) is 30.9 Å². The number of carbonyl (C=O) groups is 2. The number of nitrogens with zero attached hydrogens (tertiary/aromatic N) is 4. The number of rotatable bonds is 12. The van der Waals surface area contributed by atoms with E-state index in [0.29, 0.717) is 16.0 Å². The molecule has 16 heteroatoms. The highest BCUT2D eigenvalue weighted by atomic mass is 32.1. The van der Waals surface area contributed by atoms with E-state index >= 15 is 0 Å². The molecule has 0 spiro atoms. The number of alkyl halides is 2. The minimum absolute atomic E-state index is 0.0403. The molecule has 242 valence electrons. The van der Waals surface area contributed by atoms with Crippen LogP contribution < -0.4 is 15.0 Å². The third-order valence-corrected chi connectivity index (χ3v) is 7.65. The maximum absolute atomic E-state index is 14.8. The van der Waals surface area contributed by atoms with Gasteiger partial charge in [0.1, 0.15) is 28.2 Å². The zero-order valence-electron chi connectivity index (χ0n) is 24.6. The standard InChI is InChI=1S/C30H27F4N5O6S/c1-4-44-30(41)38(16-20-22(31)6-5-7-23(20)32)28-25(27(40)36-24-13-12-19(14-35-24)45-29(33)34)21(15-37(2)3)26(46-28)17-8-10-18(11-9-17)39(42)43/h5-14,29H,4,15-16H2,1-3H3,(H,35,36,40). The second-order valence-electron chi connectivity index (χ2n) is 9.83. The first-order chi connectivity index (χ1) is 21.9. The maximum Gasteiger partial charge on any atom is 0.415 e. The quantitative estimate of drug-likeness (QED) is 0.0970. The number of ether oxygens (including phenoxy) is 2. The molecule has 1 N–H and O–H groups in total. The van der Waals surface area contributed by atoms with E-state index in [1.54, 1.807) is 19.0 Å². The first-order valence-corrected chi connectivity index (χ1v) is 14.4. The molecule has 0 unspecified atom stereocenters. The van der Waals surface area contributed by atoms with Crippen LogP contribution in [0.5, 0.6) is 5.75 Å². The van der Waals surface area contributed by atoms with E-state index in [1.165, 1.54) is 43.3 Å². The van der Waals surface area contributed by atoms with Gasteiger partial charge in [-0.3, -0.25) is 19.8 Å². The van der Waals surface area contributed by atoms with Crippen molar-refractivity contribution in [1.82, 2.24) is 9.88 Å². The van der Waals surface area contributed by atoms with Crippen molar-refractivity contribution in [3.8, 4) is 16.2 Å². The number of nitro groups is 1. The Balaban J connectivity index is 1.92. The summed E-state index contributed by atoms with van der Waals surface area (Å²) in [6, 6.07) is 11.1. The van der Waals surface area contributed by atoms with Crippen LogP contribution in [0.3, 0.4) is 0 Å². The molecule has 4 rings (SSSR count). The highest BCUT2D eigenvalue weighted by Crippen LogP contribution is 2.44. The van der Waals surface area contributed by atoms with Crippen LogP contribution in [0.4, 0.5) is 38.9 Å². The van der Waals surface area contributed by atoms with Crippen molar-refractivity contribution in [3.05, 3.63) is 99.2 Å². The molecule has 2 aromatic heterocycles. The van der Waals surface area contributed by atoms with Gasteiger partial charge >= 0.3 is 12.7 Å². The van der Waals surface area contributed by atoms with Gasteiger partial charge in [-0.05, 0) is 68.5 Å². The predicted octanol–water partition coefficient (Wildman–Crippen LogP) is 7.07. The van der Waals surface area contributed by atoms with Crippen LogP contribution in [0.25, 0.3) is 10.4 Å². The topological polar surface area (TPSA) is 127 Å². The minimum atomic E-state index is -3.09. The van der Waals surface area contributed by atoms with Crippen molar-refractivity contribution in [1.29, 1.82) is 0 Å². The van der Waals surface area contributed by atoms with Crippen molar-refractivity contribution in [3.63, 3.8) is 0 Å². The lowest BCUT2D eigenvalue weighted by Gasteiger charge is -2.23. The summed E-state index contributed by atoms with van der Waals surface area (Å²) in [7, 11) is 3.44. The number of anilines is 2. The molecular weight excluding hydrogens is 634 g/mol. The lowest BCUT2D eigenvalue weighted by atomic mass is 10.0. The summed E-state index contributed by atoms with van der Waals surface area (Å²) in [6.45, 7) is -2.19. The molecule has 0 saturated heterocycles. The van der Waals surface area contributed by atoms with E-state index in [-0.39, 0.29) is 41.0 Å². The molecule has 2 aromatic carbocycles. The van der Waals surface area contributed by atoms with Gasteiger partial charge < -0.3 is 19.7 Å². The van der Waals surface area contributed by atoms with Gasteiger partial charge in [0.15, 0.2) is 0 Å². The second kappa shape index (κ2) is 14.8. The smallest absolute Gasteiger partial charge is 0.415 e. The molecule has 0 fully saturated rings. The van der Waals surface area contributed by atoms with Crippen LogP contribution in [-0.2, 0) is 17.8 Å². The van der Waals surface area contributed by atoms with E-state index in [4.69, 9.17) is 4.74 Å². The monoisotopic (exact) mass is 661 g/mol. The molecule has 0 aliphatic rings. The third kappa shape index (κ3) is 7.94. The van der Waals surface area contributed by atoms with Gasteiger partial charge in [-0.25, -0.2) is 18.6 Å². The Bertz CT molecular complexity index is 1700. The van der Waals surface area contributed by atoms with Crippen molar-refractivity contribution in [2.24, 2.45) is 0 Å². The summed E-state index contributed by atoms with van der Waals surface area (Å²) in [4.78, 5) is 45.2. The van der Waals surface area contributed by atoms with E-state index in [2.05, 4.69) is 15.0 Å². The van der Waals surface area contributed by atoms with Crippen molar-refractivity contribution in [2.45, 2.75) is 26.6 Å². The molecule has 2 amide bonds. The average molecular weight is 662 g/mol. The number of pyridine rings is 1. The van der Waals surface area contributed by atoms with Crippen LogP contribution in [-0.4, -0.2) is 54.1 Å². The third-order valence-electron chi connectivity index (χ3n) is 6.34. The zero-order valence-corrected chi connectivity index (χ0v) is 25.4. The van der Waals surface area contributed by atoms with Crippen LogP contribution in [0.15, 0.2) is 60.8 Å². The van der Waals surface area contributed by atoms with Gasteiger partial charge in [-0.2, -0.15) is 8.78 Å². The number of halogens is 4. The average Bonchev–Trinajstić information content (AvgIpc) is 3.36. The highest BCUT2D eigenvalue weighted by molar-refractivity contribution is 7.20. The van der Waals surface area contributed by atoms with Crippen LogP contribution in [0.1, 0.15) is 28.4 Å². The summed E-state index contributed by atoms with van der Waals surface area (Å²) in [5, 5.41) is 13.8. The SMILES string of the molecule is CCOC(=O)N(Cc1c(F)cccc1F)c1sc(-c2ccc([N+](=O)[O-])cc2)c(CN(C)C)c1C(=O)Nc1ccc(OC(F)F)cn1. The fraction of sp³-hybridized carbons (Fsp3) is 0.233. The van der Waals surface area contributed by atoms with Gasteiger partial charge in [-0.1, -0.05) is 6.07 Å². The number of amides is 2. The van der Waals surface area contributed by atoms with Crippen molar-refractivity contribution >= 4 is 39.8 Å². The molecule has 0 bridgehead atoms. The fourth-order valence-corrected chi connectivity index (χ4v) is 5.68. The second-order valence-corrected chi connectivity index (χ2v) is 10.8. The number of benzene rings is 2. The highest BCUT2D eigenvalue weighted by Gasteiger charge is 2.33. The van der Waals surface area contributed by atoms with Crippen LogP contribution in [0, 0.1) is 21.7 Å². The Hall–Kier alpha value is -5.09. The number of hydrogen-bond donors (Lipinski definition) is 1. The number of nitro benzene ring substituents is 1. The molecule has 0 saturated carbocycles. The number of hydrogen-bond acceptors (Lipinski definition) is 9. The lowest BCUT2D eigenvalue weighted by molar-refractivity contribution is -0.384. The van der Waals surface area contributed by atoms with E-state index in [1.807, 2.05) is 0 Å².